The Balaban J connectivity index is 2.09. The van der Waals surface area contributed by atoms with Crippen molar-refractivity contribution in [3.8, 4) is 0 Å². The van der Waals surface area contributed by atoms with Crippen molar-refractivity contribution in [3.05, 3.63) is 11.1 Å². The van der Waals surface area contributed by atoms with Crippen LogP contribution in [0.15, 0.2) is 11.1 Å². The number of unbranched alkanes of at least 4 members (excludes halogenated alkanes) is 25. The van der Waals surface area contributed by atoms with E-state index in [1.807, 2.05) is 0 Å². The average Bonchev–Trinajstić information content (AvgIpc) is 3.70. The second kappa shape index (κ2) is 27.4. The summed E-state index contributed by atoms with van der Waals surface area (Å²) in [5.74, 6) is -1.51. The van der Waals surface area contributed by atoms with Crippen LogP contribution < -0.4 is 0 Å². The molecule has 2 atom stereocenters. The van der Waals surface area contributed by atoms with Crippen LogP contribution in [0.3, 0.4) is 0 Å². The van der Waals surface area contributed by atoms with Gasteiger partial charge in [-0.05, 0) is 19.3 Å². The molecular formula is C39H72O3. The minimum atomic E-state index is -0.913. The lowest BCUT2D eigenvalue weighted by Gasteiger charge is -2.10. The van der Waals surface area contributed by atoms with Crippen LogP contribution in [0.25, 0.3) is 0 Å². The Labute approximate surface area is 262 Å². The third-order valence-corrected chi connectivity index (χ3v) is 9.74. The zero-order chi connectivity index (χ0) is 30.7. The molecule has 1 aliphatic rings. The van der Waals surface area contributed by atoms with E-state index >= 15 is 0 Å². The van der Waals surface area contributed by atoms with Gasteiger partial charge in [0.15, 0.2) is 5.78 Å². The number of Topliss-reactive ketones (excluding diaryl/α,β-unsaturated/α-hetero) is 1. The van der Waals surface area contributed by atoms with Crippen LogP contribution in [0.1, 0.15) is 213 Å². The van der Waals surface area contributed by atoms with Gasteiger partial charge >= 0.3 is 5.97 Å². The molecule has 0 fully saturated rings. The van der Waals surface area contributed by atoms with Crippen LogP contribution in [-0.4, -0.2) is 16.9 Å². The van der Waals surface area contributed by atoms with Crippen molar-refractivity contribution in [2.75, 3.05) is 0 Å². The first kappa shape index (κ1) is 38.9. The monoisotopic (exact) mass is 589 g/mol. The van der Waals surface area contributed by atoms with Gasteiger partial charge in [0, 0.05) is 11.5 Å². The summed E-state index contributed by atoms with van der Waals surface area (Å²) < 4.78 is 0. The molecule has 0 aromatic heterocycles. The van der Waals surface area contributed by atoms with E-state index in [2.05, 4.69) is 20.8 Å². The van der Waals surface area contributed by atoms with Gasteiger partial charge in [-0.1, -0.05) is 200 Å². The number of carboxylic acid groups (broad SMARTS) is 1. The van der Waals surface area contributed by atoms with E-state index < -0.39 is 11.9 Å². The standard InChI is InChI=1S/C39H72O3/c1-4-7-9-11-13-15-17-19-21-23-25-27-29-31-33-36(39(41)42)38(40)37-34(6-3)35(37)32-30-28-26-24-22-20-18-16-14-12-10-8-5-2/h35-36H,4-33H2,1-3H3,(H,41,42). The number of carbonyl (C=O) groups is 2. The number of allylic oxidation sites excluding steroid dienone is 2. The summed E-state index contributed by atoms with van der Waals surface area (Å²) in [6, 6.07) is 0. The second-order valence-corrected chi connectivity index (χ2v) is 13.5. The molecule has 1 aliphatic carbocycles. The molecule has 246 valence electrons. The Hall–Kier alpha value is -1.12. The van der Waals surface area contributed by atoms with Crippen molar-refractivity contribution in [1.29, 1.82) is 0 Å². The number of ketones is 1. The third-order valence-electron chi connectivity index (χ3n) is 9.74. The Morgan fingerprint density at radius 2 is 0.857 bits per heavy atom. The maximum absolute atomic E-state index is 13.2. The van der Waals surface area contributed by atoms with Crippen LogP contribution in [-0.2, 0) is 9.59 Å². The predicted molar refractivity (Wildman–Crippen MR) is 182 cm³/mol. The first-order valence-electron chi connectivity index (χ1n) is 19.1. The molecule has 1 N–H and O–H groups in total. The van der Waals surface area contributed by atoms with Crippen molar-refractivity contribution >= 4 is 11.8 Å². The van der Waals surface area contributed by atoms with Crippen LogP contribution >= 0.6 is 0 Å². The summed E-state index contributed by atoms with van der Waals surface area (Å²) in [5, 5.41) is 9.82. The number of carbonyl (C=O) groups excluding carboxylic acids is 1. The van der Waals surface area contributed by atoms with Gasteiger partial charge in [0.05, 0.1) is 0 Å². The van der Waals surface area contributed by atoms with Crippen LogP contribution in [0, 0.1) is 11.8 Å². The summed E-state index contributed by atoms with van der Waals surface area (Å²) in [5.41, 5.74) is 2.15. The fraction of sp³-hybridized carbons (Fsp3) is 0.897. The molecule has 2 unspecified atom stereocenters. The number of carboxylic acids is 1. The number of aliphatic carboxylic acids is 1. The van der Waals surface area contributed by atoms with Crippen molar-refractivity contribution in [2.24, 2.45) is 11.8 Å². The van der Waals surface area contributed by atoms with E-state index in [-0.39, 0.29) is 11.7 Å². The minimum absolute atomic E-state index is 0.0614. The SMILES string of the molecule is CCCCCCCCCCCCCCCCC(C(=O)O)C(=O)C1=C(CC)C1CCCCCCCCCCCCCCC. The number of hydrogen-bond donors (Lipinski definition) is 1. The first-order chi connectivity index (χ1) is 20.6. The zero-order valence-electron chi connectivity index (χ0n) is 28.6. The lowest BCUT2D eigenvalue weighted by atomic mass is 9.93. The maximum Gasteiger partial charge on any atom is 0.314 e. The molecule has 3 nitrogen and oxygen atoms in total. The molecule has 0 heterocycles. The summed E-state index contributed by atoms with van der Waals surface area (Å²) in [7, 11) is 0. The molecular weight excluding hydrogens is 516 g/mol. The van der Waals surface area contributed by atoms with E-state index in [0.29, 0.717) is 6.42 Å². The minimum Gasteiger partial charge on any atom is -0.481 e. The Kier molecular flexibility index (Phi) is 25.4. The molecule has 1 rings (SSSR count). The lowest BCUT2D eigenvalue weighted by molar-refractivity contribution is -0.145. The lowest BCUT2D eigenvalue weighted by Crippen LogP contribution is -2.24. The smallest absolute Gasteiger partial charge is 0.314 e. The second-order valence-electron chi connectivity index (χ2n) is 13.5. The van der Waals surface area contributed by atoms with Gasteiger partial charge in [-0.15, -0.1) is 0 Å². The highest BCUT2D eigenvalue weighted by Gasteiger charge is 2.43. The molecule has 0 bridgehead atoms. The fourth-order valence-electron chi connectivity index (χ4n) is 6.87. The maximum atomic E-state index is 13.2. The van der Waals surface area contributed by atoms with E-state index in [0.717, 1.165) is 31.3 Å². The summed E-state index contributed by atoms with van der Waals surface area (Å²) >= 11 is 0. The predicted octanol–water partition coefficient (Wildman–Crippen LogP) is 12.9. The van der Waals surface area contributed by atoms with E-state index in [1.54, 1.807) is 0 Å². The highest BCUT2D eigenvalue weighted by Crippen LogP contribution is 2.47. The summed E-state index contributed by atoms with van der Waals surface area (Å²) in [4.78, 5) is 25.2. The van der Waals surface area contributed by atoms with Gasteiger partial charge in [-0.2, -0.15) is 0 Å². The van der Waals surface area contributed by atoms with Crippen molar-refractivity contribution < 1.29 is 14.7 Å². The molecule has 0 saturated carbocycles. The van der Waals surface area contributed by atoms with Crippen molar-refractivity contribution in [3.63, 3.8) is 0 Å². The molecule has 0 aliphatic heterocycles. The fourth-order valence-corrected chi connectivity index (χ4v) is 6.87. The Morgan fingerprint density at radius 1 is 0.524 bits per heavy atom. The first-order valence-corrected chi connectivity index (χ1v) is 19.1. The Morgan fingerprint density at radius 3 is 1.19 bits per heavy atom. The van der Waals surface area contributed by atoms with Gasteiger partial charge in [0.25, 0.3) is 0 Å². The number of rotatable bonds is 33. The van der Waals surface area contributed by atoms with Gasteiger partial charge in [-0.3, -0.25) is 9.59 Å². The van der Waals surface area contributed by atoms with Crippen LogP contribution in [0.2, 0.25) is 0 Å². The number of hydrogen-bond acceptors (Lipinski definition) is 2. The molecule has 0 aromatic carbocycles. The summed E-state index contributed by atoms with van der Waals surface area (Å²) in [6.45, 7) is 6.67. The van der Waals surface area contributed by atoms with Crippen LogP contribution in [0.4, 0.5) is 0 Å². The van der Waals surface area contributed by atoms with Crippen LogP contribution in [0.5, 0.6) is 0 Å². The van der Waals surface area contributed by atoms with Gasteiger partial charge in [-0.25, -0.2) is 0 Å². The topological polar surface area (TPSA) is 54.4 Å². The summed E-state index contributed by atoms with van der Waals surface area (Å²) in [6.07, 6.45) is 38.0. The van der Waals surface area contributed by atoms with Gasteiger partial charge in [0.2, 0.25) is 0 Å². The molecule has 3 heteroatoms. The highest BCUT2D eigenvalue weighted by atomic mass is 16.4. The highest BCUT2D eigenvalue weighted by molar-refractivity contribution is 6.11. The van der Waals surface area contributed by atoms with E-state index in [1.165, 1.54) is 166 Å². The molecule has 0 aromatic rings. The van der Waals surface area contributed by atoms with Gasteiger partial charge < -0.3 is 5.11 Å². The normalized spacial score (nSPS) is 15.4. The largest absolute Gasteiger partial charge is 0.481 e. The molecule has 0 spiro atoms. The molecule has 0 saturated heterocycles. The quantitative estimate of drug-likeness (QED) is 0.0612. The zero-order valence-corrected chi connectivity index (χ0v) is 28.6. The third kappa shape index (κ3) is 19.2. The van der Waals surface area contributed by atoms with Crippen molar-refractivity contribution in [2.45, 2.75) is 213 Å². The molecule has 0 amide bonds. The molecule has 42 heavy (non-hydrogen) atoms. The molecule has 0 radical (unpaired) electrons. The van der Waals surface area contributed by atoms with Crippen molar-refractivity contribution in [1.82, 2.24) is 0 Å². The average molecular weight is 589 g/mol. The van der Waals surface area contributed by atoms with Gasteiger partial charge in [0.1, 0.15) is 5.92 Å². The van der Waals surface area contributed by atoms with E-state index in [9.17, 15) is 14.7 Å². The Bertz CT molecular complexity index is 694. The van der Waals surface area contributed by atoms with E-state index in [4.69, 9.17) is 0 Å².